The molecule has 0 bridgehead atoms. The zero-order valence-electron chi connectivity index (χ0n) is 6.92. The summed E-state index contributed by atoms with van der Waals surface area (Å²) in [7, 11) is 0. The van der Waals surface area contributed by atoms with Crippen molar-refractivity contribution in [2.75, 3.05) is 11.9 Å². The van der Waals surface area contributed by atoms with Crippen LogP contribution in [-0.4, -0.2) is 17.6 Å². The standard InChI is InChI=1S/C8H12ClN3/c1-6(4-10)12-7-2-3-8(9)11-5-7/h2-3,5-6,12H,4,10H2,1H3. The lowest BCUT2D eigenvalue weighted by atomic mass is 10.3. The third kappa shape index (κ3) is 2.68. The highest BCUT2D eigenvalue weighted by Crippen LogP contribution is 2.10. The molecule has 0 amide bonds. The molecule has 4 heteroatoms. The number of anilines is 1. The Hall–Kier alpha value is -0.800. The van der Waals surface area contributed by atoms with Gasteiger partial charge in [-0.1, -0.05) is 11.6 Å². The van der Waals surface area contributed by atoms with Crippen molar-refractivity contribution in [1.29, 1.82) is 0 Å². The fourth-order valence-corrected chi connectivity index (χ4v) is 0.916. The van der Waals surface area contributed by atoms with Gasteiger partial charge >= 0.3 is 0 Å². The smallest absolute Gasteiger partial charge is 0.129 e. The lowest BCUT2D eigenvalue weighted by Crippen LogP contribution is -2.25. The number of hydrogen-bond donors (Lipinski definition) is 2. The monoisotopic (exact) mass is 185 g/mol. The molecule has 0 saturated carbocycles. The molecule has 1 heterocycles. The highest BCUT2D eigenvalue weighted by Gasteiger charge is 1.98. The van der Waals surface area contributed by atoms with E-state index in [2.05, 4.69) is 10.3 Å². The molecular weight excluding hydrogens is 174 g/mol. The molecule has 0 aromatic carbocycles. The van der Waals surface area contributed by atoms with Gasteiger partial charge in [-0.15, -0.1) is 0 Å². The normalized spacial score (nSPS) is 12.6. The average molecular weight is 186 g/mol. The van der Waals surface area contributed by atoms with Gasteiger partial charge in [0.05, 0.1) is 11.9 Å². The lowest BCUT2D eigenvalue weighted by Gasteiger charge is -2.11. The van der Waals surface area contributed by atoms with Crippen LogP contribution in [0, 0.1) is 0 Å². The fourth-order valence-electron chi connectivity index (χ4n) is 0.805. The van der Waals surface area contributed by atoms with Crippen LogP contribution in [0.15, 0.2) is 18.3 Å². The Morgan fingerprint density at radius 3 is 2.92 bits per heavy atom. The predicted molar refractivity (Wildman–Crippen MR) is 51.4 cm³/mol. The number of nitrogens with two attached hydrogens (primary N) is 1. The van der Waals surface area contributed by atoms with Crippen molar-refractivity contribution in [3.05, 3.63) is 23.5 Å². The maximum Gasteiger partial charge on any atom is 0.129 e. The number of nitrogens with zero attached hydrogens (tertiary/aromatic N) is 1. The molecule has 1 aromatic rings. The van der Waals surface area contributed by atoms with E-state index < -0.39 is 0 Å². The predicted octanol–water partition coefficient (Wildman–Crippen LogP) is 1.49. The Kier molecular flexibility index (Phi) is 3.31. The van der Waals surface area contributed by atoms with Crippen molar-refractivity contribution in [3.63, 3.8) is 0 Å². The summed E-state index contributed by atoms with van der Waals surface area (Å²) in [6, 6.07) is 3.88. The third-order valence-corrected chi connectivity index (χ3v) is 1.72. The highest BCUT2D eigenvalue weighted by atomic mass is 35.5. The first-order valence-electron chi connectivity index (χ1n) is 3.80. The summed E-state index contributed by atoms with van der Waals surface area (Å²) < 4.78 is 0. The molecule has 0 spiro atoms. The van der Waals surface area contributed by atoms with Gasteiger partial charge in [0, 0.05) is 12.6 Å². The van der Waals surface area contributed by atoms with Gasteiger partial charge in [-0.3, -0.25) is 0 Å². The zero-order valence-corrected chi connectivity index (χ0v) is 7.67. The van der Waals surface area contributed by atoms with Gasteiger partial charge < -0.3 is 11.1 Å². The van der Waals surface area contributed by atoms with Crippen LogP contribution < -0.4 is 11.1 Å². The number of aromatic nitrogens is 1. The lowest BCUT2D eigenvalue weighted by molar-refractivity contribution is 0.803. The van der Waals surface area contributed by atoms with E-state index in [-0.39, 0.29) is 6.04 Å². The van der Waals surface area contributed by atoms with Gasteiger partial charge in [0.1, 0.15) is 5.15 Å². The Labute approximate surface area is 76.9 Å². The molecule has 1 unspecified atom stereocenters. The molecule has 0 fully saturated rings. The first-order valence-corrected chi connectivity index (χ1v) is 4.18. The van der Waals surface area contributed by atoms with Gasteiger partial charge in [0.2, 0.25) is 0 Å². The quantitative estimate of drug-likeness (QED) is 0.702. The topological polar surface area (TPSA) is 50.9 Å². The molecule has 0 aliphatic carbocycles. The molecule has 66 valence electrons. The Balaban J connectivity index is 2.58. The van der Waals surface area contributed by atoms with Crippen molar-refractivity contribution >= 4 is 17.3 Å². The van der Waals surface area contributed by atoms with E-state index in [9.17, 15) is 0 Å². The molecule has 0 radical (unpaired) electrons. The fraction of sp³-hybridized carbons (Fsp3) is 0.375. The maximum atomic E-state index is 5.62. The second-order valence-electron chi connectivity index (χ2n) is 2.65. The first-order chi connectivity index (χ1) is 5.72. The van der Waals surface area contributed by atoms with E-state index in [1.807, 2.05) is 13.0 Å². The Morgan fingerprint density at radius 1 is 1.67 bits per heavy atom. The number of nitrogens with one attached hydrogen (secondary N) is 1. The molecule has 0 aliphatic rings. The van der Waals surface area contributed by atoms with Crippen molar-refractivity contribution in [2.45, 2.75) is 13.0 Å². The summed E-state index contributed by atoms with van der Waals surface area (Å²) in [4.78, 5) is 3.93. The van der Waals surface area contributed by atoms with Crippen molar-refractivity contribution in [3.8, 4) is 0 Å². The van der Waals surface area contributed by atoms with Gasteiger partial charge in [-0.2, -0.15) is 0 Å². The molecule has 3 nitrogen and oxygen atoms in total. The second kappa shape index (κ2) is 4.28. The molecule has 3 N–H and O–H groups in total. The molecule has 0 saturated heterocycles. The van der Waals surface area contributed by atoms with Gasteiger partial charge in [-0.25, -0.2) is 4.98 Å². The van der Waals surface area contributed by atoms with Gasteiger partial charge in [-0.05, 0) is 19.1 Å². The van der Waals surface area contributed by atoms with Gasteiger partial charge in [0.15, 0.2) is 0 Å². The summed E-state index contributed by atoms with van der Waals surface area (Å²) in [5.74, 6) is 0. The number of rotatable bonds is 3. The Bertz CT molecular complexity index is 235. The SMILES string of the molecule is CC(CN)Nc1ccc(Cl)nc1. The van der Waals surface area contributed by atoms with Crippen LogP contribution in [-0.2, 0) is 0 Å². The maximum absolute atomic E-state index is 5.62. The summed E-state index contributed by atoms with van der Waals surface area (Å²) in [5, 5.41) is 3.67. The summed E-state index contributed by atoms with van der Waals surface area (Å²) >= 11 is 5.62. The van der Waals surface area contributed by atoms with E-state index in [1.165, 1.54) is 0 Å². The van der Waals surface area contributed by atoms with Crippen LogP contribution in [0.25, 0.3) is 0 Å². The van der Waals surface area contributed by atoms with E-state index >= 15 is 0 Å². The minimum atomic E-state index is 0.257. The van der Waals surface area contributed by atoms with E-state index in [1.54, 1.807) is 12.3 Å². The van der Waals surface area contributed by atoms with Crippen LogP contribution in [0.2, 0.25) is 5.15 Å². The molecule has 1 aromatic heterocycles. The van der Waals surface area contributed by atoms with Crippen LogP contribution in [0.4, 0.5) is 5.69 Å². The minimum Gasteiger partial charge on any atom is -0.380 e. The number of hydrogen-bond acceptors (Lipinski definition) is 3. The second-order valence-corrected chi connectivity index (χ2v) is 3.04. The number of pyridine rings is 1. The van der Waals surface area contributed by atoms with E-state index in [0.717, 1.165) is 5.69 Å². The third-order valence-electron chi connectivity index (χ3n) is 1.49. The molecule has 12 heavy (non-hydrogen) atoms. The van der Waals surface area contributed by atoms with Crippen molar-refractivity contribution in [2.24, 2.45) is 5.73 Å². The molecule has 1 rings (SSSR count). The summed E-state index contributed by atoms with van der Waals surface area (Å²) in [5.41, 5.74) is 6.38. The summed E-state index contributed by atoms with van der Waals surface area (Å²) in [6.45, 7) is 2.61. The van der Waals surface area contributed by atoms with Crippen LogP contribution in [0.1, 0.15) is 6.92 Å². The van der Waals surface area contributed by atoms with Crippen LogP contribution in [0.5, 0.6) is 0 Å². The van der Waals surface area contributed by atoms with Crippen molar-refractivity contribution in [1.82, 2.24) is 4.98 Å². The Morgan fingerprint density at radius 2 is 2.42 bits per heavy atom. The molecule has 1 atom stereocenters. The van der Waals surface area contributed by atoms with Crippen molar-refractivity contribution < 1.29 is 0 Å². The van der Waals surface area contributed by atoms with E-state index in [0.29, 0.717) is 11.7 Å². The number of halogens is 1. The summed E-state index contributed by atoms with van der Waals surface area (Å²) in [6.07, 6.45) is 1.69. The zero-order chi connectivity index (χ0) is 8.97. The molecule has 0 aliphatic heterocycles. The minimum absolute atomic E-state index is 0.257. The highest BCUT2D eigenvalue weighted by molar-refractivity contribution is 6.29. The average Bonchev–Trinajstić information content (AvgIpc) is 2.09. The van der Waals surface area contributed by atoms with E-state index in [4.69, 9.17) is 17.3 Å². The van der Waals surface area contributed by atoms with Gasteiger partial charge in [0.25, 0.3) is 0 Å². The van der Waals surface area contributed by atoms with Crippen LogP contribution >= 0.6 is 11.6 Å². The molecular formula is C8H12ClN3. The largest absolute Gasteiger partial charge is 0.380 e. The first kappa shape index (κ1) is 9.29. The van der Waals surface area contributed by atoms with Crippen LogP contribution in [0.3, 0.4) is 0 Å².